The number of phosphoric acid groups is 1. The molecule has 2 heterocycles. The number of aliphatic hydroxyl groups excluding tert-OH is 2. The molecule has 0 amide bonds. The van der Waals surface area contributed by atoms with Gasteiger partial charge in [0.2, 0.25) is 0 Å². The van der Waals surface area contributed by atoms with E-state index in [0.717, 1.165) is 10.8 Å². The van der Waals surface area contributed by atoms with Crippen LogP contribution in [-0.4, -0.2) is 61.1 Å². The Bertz CT molecular complexity index is 874. The van der Waals surface area contributed by atoms with Gasteiger partial charge in [-0.05, 0) is 6.92 Å². The Morgan fingerprint density at radius 3 is 2.46 bits per heavy atom. The first-order valence-electron chi connectivity index (χ1n) is 7.13. The molecule has 1 aromatic rings. The molecule has 0 radical (unpaired) electrons. The summed E-state index contributed by atoms with van der Waals surface area (Å²) in [5.41, 5.74) is -1.39. The van der Waals surface area contributed by atoms with E-state index in [1.807, 2.05) is 4.98 Å². The van der Waals surface area contributed by atoms with Crippen LogP contribution >= 0.6 is 15.4 Å². The second-order valence-electron chi connectivity index (χ2n) is 5.67. The third-order valence-corrected chi connectivity index (χ3v) is 5.93. The van der Waals surface area contributed by atoms with Crippen LogP contribution in [0.4, 0.5) is 0 Å². The third-order valence-electron chi connectivity index (χ3n) is 3.41. The Hall–Kier alpha value is -1.14. The molecule has 148 valence electrons. The van der Waals surface area contributed by atoms with Crippen molar-refractivity contribution in [3.05, 3.63) is 32.6 Å². The minimum atomic E-state index is -4.93. The molecule has 0 bridgehead atoms. The van der Waals surface area contributed by atoms with Crippen molar-refractivity contribution in [3.63, 3.8) is 0 Å². The number of aromatic amines is 1. The summed E-state index contributed by atoms with van der Waals surface area (Å²) in [4.78, 5) is 43.5. The van der Waals surface area contributed by atoms with Crippen LogP contribution in [0.15, 0.2) is 15.8 Å². The number of hydrogen-bond donors (Lipinski definition) is 5. The van der Waals surface area contributed by atoms with Gasteiger partial charge in [-0.2, -0.15) is 0 Å². The fourth-order valence-electron chi connectivity index (χ4n) is 2.25. The van der Waals surface area contributed by atoms with Crippen molar-refractivity contribution in [2.45, 2.75) is 31.5 Å². The average molecular weight is 416 g/mol. The summed E-state index contributed by atoms with van der Waals surface area (Å²) in [5, 5.41) is 20.0. The average Bonchev–Trinajstić information content (AvgIpc) is 2.75. The lowest BCUT2D eigenvalue weighted by molar-refractivity contribution is -0.0541. The fraction of sp³-hybridized carbons (Fsp3) is 0.636. The van der Waals surface area contributed by atoms with Crippen molar-refractivity contribution in [1.82, 2.24) is 9.55 Å². The molecule has 0 saturated carbocycles. The summed E-state index contributed by atoms with van der Waals surface area (Å²) in [6.07, 6.45) is -4.91. The summed E-state index contributed by atoms with van der Waals surface area (Å²) in [6, 6.07) is 0. The Morgan fingerprint density at radius 1 is 1.27 bits per heavy atom. The summed E-state index contributed by atoms with van der Waals surface area (Å²) < 4.78 is 37.2. The van der Waals surface area contributed by atoms with E-state index in [1.54, 1.807) is 0 Å². The normalized spacial score (nSPS) is 30.7. The highest BCUT2D eigenvalue weighted by Crippen LogP contribution is 2.58. The van der Waals surface area contributed by atoms with Crippen molar-refractivity contribution in [1.29, 1.82) is 0 Å². The largest absolute Gasteiger partial charge is 0.479 e. The van der Waals surface area contributed by atoms with Crippen molar-refractivity contribution in [2.24, 2.45) is 0 Å². The highest BCUT2D eigenvalue weighted by atomic mass is 31.3. The molecule has 6 atom stereocenters. The molecule has 13 nitrogen and oxygen atoms in total. The molecule has 0 aliphatic carbocycles. The standard InChI is InChI=1S/C11H18N2O11P2/c1-5-3-13(11(17)12-9(5)16)10-8(15)7(14)6(23-10)4-22-26(20,21)24-25(2,18)19/h3,6-8,10,14-15H,4H2,1-2H3,(H,18,19)(H,20,21)(H,12,16,17). The second-order valence-corrected chi connectivity index (χ2v) is 9.13. The van der Waals surface area contributed by atoms with Gasteiger partial charge in [0.05, 0.1) is 6.61 Å². The highest BCUT2D eigenvalue weighted by molar-refractivity contribution is 7.63. The van der Waals surface area contributed by atoms with E-state index >= 15 is 0 Å². The van der Waals surface area contributed by atoms with Gasteiger partial charge in [-0.1, -0.05) is 0 Å². The first-order chi connectivity index (χ1) is 11.8. The van der Waals surface area contributed by atoms with Gasteiger partial charge in [-0.25, -0.2) is 13.7 Å². The number of nitrogens with one attached hydrogen (secondary N) is 1. The Kier molecular flexibility index (Phi) is 6.08. The molecule has 5 N–H and O–H groups in total. The zero-order valence-electron chi connectivity index (χ0n) is 13.6. The molecule has 15 heteroatoms. The summed E-state index contributed by atoms with van der Waals surface area (Å²) >= 11 is 0. The number of aryl methyl sites for hydroxylation is 1. The number of ether oxygens (including phenoxy) is 1. The van der Waals surface area contributed by atoms with Crippen LogP contribution in [0.25, 0.3) is 0 Å². The molecule has 1 saturated heterocycles. The van der Waals surface area contributed by atoms with Crippen molar-refractivity contribution < 1.29 is 42.7 Å². The molecule has 26 heavy (non-hydrogen) atoms. The Morgan fingerprint density at radius 2 is 1.88 bits per heavy atom. The van der Waals surface area contributed by atoms with Crippen LogP contribution in [0.5, 0.6) is 0 Å². The summed E-state index contributed by atoms with van der Waals surface area (Å²) in [6.45, 7) is 1.29. The topological polar surface area (TPSA) is 198 Å². The van der Waals surface area contributed by atoms with Crippen LogP contribution in [0, 0.1) is 6.92 Å². The molecule has 0 spiro atoms. The predicted octanol–water partition coefficient (Wildman–Crippen LogP) is -1.59. The van der Waals surface area contributed by atoms with Gasteiger partial charge in [0.15, 0.2) is 6.23 Å². The molecule has 1 aliphatic heterocycles. The van der Waals surface area contributed by atoms with Gasteiger partial charge >= 0.3 is 21.1 Å². The molecular weight excluding hydrogens is 398 g/mol. The summed E-state index contributed by atoms with van der Waals surface area (Å²) in [7, 11) is -9.25. The van der Waals surface area contributed by atoms with Crippen LogP contribution in [0.1, 0.15) is 11.8 Å². The Balaban J connectivity index is 2.14. The minimum absolute atomic E-state index is 0.143. The van der Waals surface area contributed by atoms with Crippen molar-refractivity contribution in [3.8, 4) is 0 Å². The number of nitrogens with zero attached hydrogens (tertiary/aromatic N) is 1. The van der Waals surface area contributed by atoms with Crippen molar-refractivity contribution in [2.75, 3.05) is 13.3 Å². The maximum atomic E-state index is 11.9. The van der Waals surface area contributed by atoms with E-state index in [-0.39, 0.29) is 5.56 Å². The quantitative estimate of drug-likeness (QED) is 0.335. The molecule has 1 aliphatic rings. The SMILES string of the molecule is Cc1cn(C2OC(COP(=O)(O)OP(C)(=O)O)C(O)C2O)c(=O)[nH]c1=O. The van der Waals surface area contributed by atoms with E-state index in [2.05, 4.69) is 8.83 Å². The number of phosphoric ester groups is 1. The van der Waals surface area contributed by atoms with E-state index in [1.165, 1.54) is 6.92 Å². The number of rotatable bonds is 6. The van der Waals surface area contributed by atoms with Crippen LogP contribution in [0.3, 0.4) is 0 Å². The minimum Gasteiger partial charge on any atom is -0.387 e. The van der Waals surface area contributed by atoms with Crippen LogP contribution < -0.4 is 11.2 Å². The van der Waals surface area contributed by atoms with Gasteiger partial charge in [0.1, 0.15) is 18.3 Å². The lowest BCUT2D eigenvalue weighted by atomic mass is 10.1. The van der Waals surface area contributed by atoms with Crippen LogP contribution in [0.2, 0.25) is 0 Å². The van der Waals surface area contributed by atoms with Gasteiger partial charge in [0, 0.05) is 18.4 Å². The lowest BCUT2D eigenvalue weighted by Gasteiger charge is -2.18. The van der Waals surface area contributed by atoms with Gasteiger partial charge in [-0.3, -0.25) is 23.4 Å². The second kappa shape index (κ2) is 7.47. The van der Waals surface area contributed by atoms with Gasteiger partial charge < -0.3 is 24.7 Å². The van der Waals surface area contributed by atoms with E-state index in [9.17, 15) is 33.8 Å². The molecule has 0 aromatic carbocycles. The van der Waals surface area contributed by atoms with E-state index < -0.39 is 57.8 Å². The van der Waals surface area contributed by atoms with E-state index in [0.29, 0.717) is 6.66 Å². The maximum Gasteiger partial charge on any atom is 0.479 e. The zero-order chi connectivity index (χ0) is 19.9. The molecular formula is C11H18N2O11P2. The third kappa shape index (κ3) is 4.97. The molecule has 6 unspecified atom stereocenters. The first kappa shape index (κ1) is 21.2. The van der Waals surface area contributed by atoms with Gasteiger partial charge in [0.25, 0.3) is 5.56 Å². The van der Waals surface area contributed by atoms with E-state index in [4.69, 9.17) is 9.63 Å². The Labute approximate surface area is 145 Å². The predicted molar refractivity (Wildman–Crippen MR) is 84.6 cm³/mol. The fourth-order valence-corrected chi connectivity index (χ4v) is 4.31. The van der Waals surface area contributed by atoms with Crippen LogP contribution in [-0.2, 0) is 22.7 Å². The number of aromatic nitrogens is 2. The smallest absolute Gasteiger partial charge is 0.387 e. The first-order valence-corrected chi connectivity index (χ1v) is 10.7. The lowest BCUT2D eigenvalue weighted by Crippen LogP contribution is -2.38. The number of aliphatic hydroxyl groups is 2. The monoisotopic (exact) mass is 416 g/mol. The number of H-pyrrole nitrogens is 1. The zero-order valence-corrected chi connectivity index (χ0v) is 15.4. The highest BCUT2D eigenvalue weighted by Gasteiger charge is 2.45. The van der Waals surface area contributed by atoms with Gasteiger partial charge in [-0.15, -0.1) is 0 Å². The summed E-state index contributed by atoms with van der Waals surface area (Å²) in [5.74, 6) is 0. The number of hydrogen-bond acceptors (Lipinski definition) is 9. The molecule has 1 fully saturated rings. The molecule has 2 rings (SSSR count). The molecule has 1 aromatic heterocycles. The van der Waals surface area contributed by atoms with Crippen molar-refractivity contribution >= 4 is 15.4 Å². The maximum absolute atomic E-state index is 11.9.